The fraction of sp³-hybridized carbons (Fsp3) is 0.400. The number of amides is 2. The topological polar surface area (TPSA) is 89.0 Å². The highest BCUT2D eigenvalue weighted by Gasteiger charge is 2.24. The number of hydrazone groups is 1. The summed E-state index contributed by atoms with van der Waals surface area (Å²) in [5.74, 6) is 0.202. The van der Waals surface area contributed by atoms with E-state index < -0.39 is 11.9 Å². The molecule has 7 nitrogen and oxygen atoms in total. The summed E-state index contributed by atoms with van der Waals surface area (Å²) in [5.41, 5.74) is 3.57. The third-order valence-corrected chi connectivity index (χ3v) is 5.16. The lowest BCUT2D eigenvalue weighted by Gasteiger charge is -2.20. The normalized spacial score (nSPS) is 11.9. The molecule has 178 valence electrons. The minimum absolute atomic E-state index is 0.155. The average molecular weight is 474 g/mol. The first-order valence-corrected chi connectivity index (χ1v) is 11.4. The highest BCUT2D eigenvalue weighted by Crippen LogP contribution is 2.30. The Labute approximate surface area is 200 Å². The fourth-order valence-corrected chi connectivity index (χ4v) is 3.29. The number of carbonyl (C=O) groups is 2. The Morgan fingerprint density at radius 3 is 2.58 bits per heavy atom. The van der Waals surface area contributed by atoms with Crippen molar-refractivity contribution in [1.82, 2.24) is 10.7 Å². The minimum atomic E-state index is -0.774. The van der Waals surface area contributed by atoms with Crippen molar-refractivity contribution in [3.05, 3.63) is 58.6 Å². The molecular weight excluding hydrogens is 442 g/mol. The van der Waals surface area contributed by atoms with Gasteiger partial charge in [-0.25, -0.2) is 5.43 Å². The van der Waals surface area contributed by atoms with Crippen LogP contribution in [0.5, 0.6) is 11.5 Å². The first-order chi connectivity index (χ1) is 15.9. The molecule has 2 N–H and O–H groups in total. The highest BCUT2D eigenvalue weighted by molar-refractivity contribution is 6.31. The molecule has 0 aromatic heterocycles. The van der Waals surface area contributed by atoms with E-state index in [9.17, 15) is 9.59 Å². The number of hydrogen-bond acceptors (Lipinski definition) is 5. The van der Waals surface area contributed by atoms with Gasteiger partial charge in [0.15, 0.2) is 11.5 Å². The van der Waals surface area contributed by atoms with Crippen LogP contribution in [0.3, 0.4) is 0 Å². The quantitative estimate of drug-likeness (QED) is 0.262. The van der Waals surface area contributed by atoms with Gasteiger partial charge in [-0.05, 0) is 42.7 Å². The molecule has 1 unspecified atom stereocenters. The number of hydrogen-bond donors (Lipinski definition) is 2. The van der Waals surface area contributed by atoms with Crippen LogP contribution in [-0.2, 0) is 4.79 Å². The zero-order valence-corrected chi connectivity index (χ0v) is 20.3. The van der Waals surface area contributed by atoms with Crippen molar-refractivity contribution in [1.29, 1.82) is 0 Å². The first-order valence-electron chi connectivity index (χ1n) is 11.1. The zero-order valence-electron chi connectivity index (χ0n) is 19.6. The molecule has 2 rings (SSSR count). The van der Waals surface area contributed by atoms with Crippen LogP contribution >= 0.6 is 11.6 Å². The minimum Gasteiger partial charge on any atom is -0.493 e. The molecule has 0 saturated carbocycles. The second kappa shape index (κ2) is 13.5. The molecule has 0 fully saturated rings. The molecule has 0 spiro atoms. The van der Waals surface area contributed by atoms with Gasteiger partial charge in [0.05, 0.1) is 19.9 Å². The molecule has 2 aromatic rings. The van der Waals surface area contributed by atoms with Crippen molar-refractivity contribution >= 4 is 29.6 Å². The smallest absolute Gasteiger partial charge is 0.262 e. The number of unbranched alkanes of at least 4 members (excludes halogenated alkanes) is 2. The van der Waals surface area contributed by atoms with E-state index in [-0.39, 0.29) is 11.8 Å². The van der Waals surface area contributed by atoms with E-state index in [1.165, 1.54) is 6.21 Å². The number of benzene rings is 2. The van der Waals surface area contributed by atoms with E-state index in [1.54, 1.807) is 31.4 Å². The summed E-state index contributed by atoms with van der Waals surface area (Å²) in [4.78, 5) is 25.3. The Kier molecular flexibility index (Phi) is 10.7. The molecule has 2 aromatic carbocycles. The van der Waals surface area contributed by atoms with E-state index in [0.717, 1.165) is 19.3 Å². The standard InChI is InChI=1S/C25H32ClN3O4/c1-5-6-7-14-33-23-19(11-9-13-21(23)32-4)16-27-29-25(31)22(17(2)3)28-24(30)18-10-8-12-20(26)15-18/h8-13,15-17,22H,5-7,14H2,1-4H3,(H,28,30)(H,29,31)/b27-16+. The molecule has 1 atom stereocenters. The molecule has 0 aliphatic heterocycles. The summed E-state index contributed by atoms with van der Waals surface area (Å²) in [5, 5.41) is 7.28. The van der Waals surface area contributed by atoms with Gasteiger partial charge in [0, 0.05) is 16.1 Å². The fourth-order valence-electron chi connectivity index (χ4n) is 3.10. The monoisotopic (exact) mass is 473 g/mol. The second-order valence-corrected chi connectivity index (χ2v) is 8.31. The molecule has 0 aliphatic rings. The summed E-state index contributed by atoms with van der Waals surface area (Å²) in [7, 11) is 1.58. The van der Waals surface area contributed by atoms with Crippen molar-refractivity contribution in [3.63, 3.8) is 0 Å². The average Bonchev–Trinajstić information content (AvgIpc) is 2.80. The number of para-hydroxylation sites is 1. The van der Waals surface area contributed by atoms with Crippen LogP contribution in [0.4, 0.5) is 0 Å². The van der Waals surface area contributed by atoms with Gasteiger partial charge >= 0.3 is 0 Å². The van der Waals surface area contributed by atoms with Gasteiger partial charge in [-0.15, -0.1) is 0 Å². The second-order valence-electron chi connectivity index (χ2n) is 7.87. The Balaban J connectivity index is 2.07. The number of methoxy groups -OCH3 is 1. The van der Waals surface area contributed by atoms with E-state index in [1.807, 2.05) is 32.0 Å². The van der Waals surface area contributed by atoms with E-state index in [0.29, 0.717) is 34.3 Å². The number of nitrogens with zero attached hydrogens (tertiary/aromatic N) is 1. The largest absolute Gasteiger partial charge is 0.493 e. The third kappa shape index (κ3) is 8.09. The predicted molar refractivity (Wildman–Crippen MR) is 131 cm³/mol. The van der Waals surface area contributed by atoms with Crippen LogP contribution in [0.2, 0.25) is 5.02 Å². The molecule has 0 aliphatic carbocycles. The van der Waals surface area contributed by atoms with Gasteiger partial charge in [-0.3, -0.25) is 9.59 Å². The van der Waals surface area contributed by atoms with Gasteiger partial charge < -0.3 is 14.8 Å². The molecule has 0 heterocycles. The van der Waals surface area contributed by atoms with Crippen molar-refractivity contribution in [2.75, 3.05) is 13.7 Å². The van der Waals surface area contributed by atoms with Gasteiger partial charge in [-0.1, -0.05) is 57.3 Å². The molecule has 0 radical (unpaired) electrons. The maximum absolute atomic E-state index is 12.7. The molecule has 2 amide bonds. The van der Waals surface area contributed by atoms with Gasteiger partial charge in [0.25, 0.3) is 11.8 Å². The molecule has 0 bridgehead atoms. The summed E-state index contributed by atoms with van der Waals surface area (Å²) in [6, 6.07) is 11.2. The van der Waals surface area contributed by atoms with Crippen molar-refractivity contribution < 1.29 is 19.1 Å². The lowest BCUT2D eigenvalue weighted by atomic mass is 10.0. The van der Waals surface area contributed by atoms with Crippen LogP contribution in [0.1, 0.15) is 56.0 Å². The van der Waals surface area contributed by atoms with Crippen LogP contribution < -0.4 is 20.2 Å². The van der Waals surface area contributed by atoms with E-state index >= 15 is 0 Å². The van der Waals surface area contributed by atoms with Gasteiger partial charge in [-0.2, -0.15) is 5.10 Å². The summed E-state index contributed by atoms with van der Waals surface area (Å²) >= 11 is 5.96. The highest BCUT2D eigenvalue weighted by atomic mass is 35.5. The number of carbonyl (C=O) groups excluding carboxylic acids is 2. The van der Waals surface area contributed by atoms with Crippen LogP contribution in [0, 0.1) is 5.92 Å². The molecule has 8 heteroatoms. The van der Waals surface area contributed by atoms with E-state index in [4.69, 9.17) is 21.1 Å². The van der Waals surface area contributed by atoms with Crippen molar-refractivity contribution in [3.8, 4) is 11.5 Å². The summed E-state index contributed by atoms with van der Waals surface area (Å²) in [6.07, 6.45) is 4.61. The van der Waals surface area contributed by atoms with Crippen LogP contribution in [-0.4, -0.2) is 37.8 Å². The molecule has 0 saturated heterocycles. The number of halogens is 1. The van der Waals surface area contributed by atoms with Crippen LogP contribution in [0.15, 0.2) is 47.6 Å². The Morgan fingerprint density at radius 1 is 1.15 bits per heavy atom. The maximum Gasteiger partial charge on any atom is 0.262 e. The third-order valence-electron chi connectivity index (χ3n) is 4.92. The lowest BCUT2D eigenvalue weighted by Crippen LogP contribution is -2.48. The SMILES string of the molecule is CCCCCOc1c(/C=N/NC(=O)C(NC(=O)c2cccc(Cl)c2)C(C)C)cccc1OC. The summed E-state index contributed by atoms with van der Waals surface area (Å²) < 4.78 is 11.3. The van der Waals surface area contributed by atoms with Crippen LogP contribution in [0.25, 0.3) is 0 Å². The molecular formula is C25H32ClN3O4. The number of rotatable bonds is 12. The predicted octanol–water partition coefficient (Wildman–Crippen LogP) is 4.82. The first kappa shape index (κ1) is 26.2. The number of nitrogens with one attached hydrogen (secondary N) is 2. The zero-order chi connectivity index (χ0) is 24.2. The summed E-state index contributed by atoms with van der Waals surface area (Å²) in [6.45, 7) is 6.38. The number of ether oxygens (including phenoxy) is 2. The van der Waals surface area contributed by atoms with E-state index in [2.05, 4.69) is 22.8 Å². The maximum atomic E-state index is 12.7. The molecule has 33 heavy (non-hydrogen) atoms. The Morgan fingerprint density at radius 2 is 1.91 bits per heavy atom. The van der Waals surface area contributed by atoms with Gasteiger partial charge in [0.2, 0.25) is 0 Å². The van der Waals surface area contributed by atoms with Gasteiger partial charge in [0.1, 0.15) is 6.04 Å². The van der Waals surface area contributed by atoms with Crippen molar-refractivity contribution in [2.24, 2.45) is 11.0 Å². The lowest BCUT2D eigenvalue weighted by molar-refractivity contribution is -0.123. The Bertz CT molecular complexity index is 962. The Hall–Kier alpha value is -3.06. The van der Waals surface area contributed by atoms with Crippen molar-refractivity contribution in [2.45, 2.75) is 46.1 Å².